The van der Waals surface area contributed by atoms with Crippen LogP contribution in [0.1, 0.15) is 23.2 Å². The summed E-state index contributed by atoms with van der Waals surface area (Å²) in [5.41, 5.74) is 5.24. The molecule has 0 amide bonds. The summed E-state index contributed by atoms with van der Waals surface area (Å²) in [5.74, 6) is -0.736. The molecule has 2 N–H and O–H groups in total. The summed E-state index contributed by atoms with van der Waals surface area (Å²) in [6.45, 7) is 0. The lowest BCUT2D eigenvalue weighted by atomic mass is 10.1. The van der Waals surface area contributed by atoms with Crippen LogP contribution in [-0.4, -0.2) is 18.1 Å². The number of hydrogen-bond donors (Lipinski definition) is 1. The summed E-state index contributed by atoms with van der Waals surface area (Å²) < 4.78 is 30.0. The van der Waals surface area contributed by atoms with Crippen molar-refractivity contribution in [2.24, 2.45) is 0 Å². The maximum absolute atomic E-state index is 12.8. The van der Waals surface area contributed by atoms with Gasteiger partial charge in [-0.1, -0.05) is 0 Å². The zero-order valence-electron chi connectivity index (χ0n) is 9.04. The number of carbonyl (C=O) groups is 1. The van der Waals surface area contributed by atoms with E-state index in [2.05, 4.69) is 9.72 Å². The lowest BCUT2D eigenvalue weighted by Crippen LogP contribution is -2.11. The van der Waals surface area contributed by atoms with E-state index < -0.39 is 18.0 Å². The molecule has 1 aromatic heterocycles. The van der Waals surface area contributed by atoms with Crippen LogP contribution in [0, 0.1) is 0 Å². The van der Waals surface area contributed by atoms with Gasteiger partial charge in [0.15, 0.2) is 0 Å². The highest BCUT2D eigenvalue weighted by Crippen LogP contribution is 2.31. The molecule has 4 nitrogen and oxygen atoms in total. The van der Waals surface area contributed by atoms with Crippen LogP contribution in [0.4, 0.5) is 14.5 Å². The topological polar surface area (TPSA) is 65.2 Å². The van der Waals surface area contributed by atoms with Gasteiger partial charge in [0, 0.05) is 17.4 Å². The number of rotatable bonds is 4. The van der Waals surface area contributed by atoms with Crippen LogP contribution in [0.25, 0.3) is 0 Å². The Bertz CT molecular complexity index is 427. The minimum Gasteiger partial charge on any atom is -0.469 e. The van der Waals surface area contributed by atoms with E-state index in [0.29, 0.717) is 0 Å². The van der Waals surface area contributed by atoms with Crippen molar-refractivity contribution in [3.05, 3.63) is 23.0 Å². The van der Waals surface area contributed by atoms with E-state index in [4.69, 9.17) is 17.3 Å². The molecule has 0 bridgehead atoms. The molecule has 1 heterocycles. The average Bonchev–Trinajstić information content (AvgIpc) is 2.30. The van der Waals surface area contributed by atoms with E-state index in [-0.39, 0.29) is 29.2 Å². The number of nitrogen functional groups attached to an aromatic ring is 1. The predicted molar refractivity (Wildman–Crippen MR) is 58.9 cm³/mol. The second-order valence-corrected chi connectivity index (χ2v) is 3.51. The van der Waals surface area contributed by atoms with Crippen LogP contribution < -0.4 is 5.73 Å². The number of aromatic nitrogens is 1. The van der Waals surface area contributed by atoms with Crippen LogP contribution in [0.3, 0.4) is 0 Å². The Morgan fingerprint density at radius 3 is 2.76 bits per heavy atom. The number of methoxy groups -OCH3 is 1. The normalized spacial score (nSPS) is 10.6. The number of nitrogens with zero attached hydrogens (tertiary/aromatic N) is 1. The Morgan fingerprint density at radius 2 is 2.29 bits per heavy atom. The number of alkyl halides is 3. The van der Waals surface area contributed by atoms with Crippen LogP contribution >= 0.6 is 11.6 Å². The third-order valence-electron chi connectivity index (χ3n) is 2.23. The first kappa shape index (κ1) is 13.6. The minimum absolute atomic E-state index is 0.0211. The van der Waals surface area contributed by atoms with Crippen molar-refractivity contribution in [2.45, 2.75) is 18.7 Å². The predicted octanol–water partition coefficient (Wildman–Crippen LogP) is 2.06. The fourth-order valence-electron chi connectivity index (χ4n) is 1.34. The number of esters is 1. The van der Waals surface area contributed by atoms with Gasteiger partial charge in [-0.15, -0.1) is 11.6 Å². The summed E-state index contributed by atoms with van der Waals surface area (Å²) in [6.07, 6.45) is -1.72. The van der Waals surface area contributed by atoms with Crippen molar-refractivity contribution in [2.75, 3.05) is 12.8 Å². The standard InChI is InChI=1S/C10H11ClF2N2O2/c1-17-7(16)2-5-4-15-6(3-11)8(9(5)14)10(12)13/h4,10H,2-3H2,1H3,(H2,14,15). The summed E-state index contributed by atoms with van der Waals surface area (Å²) >= 11 is 5.49. The summed E-state index contributed by atoms with van der Waals surface area (Å²) in [6, 6.07) is 0. The zero-order chi connectivity index (χ0) is 13.0. The van der Waals surface area contributed by atoms with Gasteiger partial charge in [-0.3, -0.25) is 9.78 Å². The first-order valence-electron chi connectivity index (χ1n) is 4.68. The number of hydrogen-bond acceptors (Lipinski definition) is 4. The highest BCUT2D eigenvalue weighted by molar-refractivity contribution is 6.17. The SMILES string of the molecule is COC(=O)Cc1cnc(CCl)c(C(F)F)c1N. The fraction of sp³-hybridized carbons (Fsp3) is 0.400. The second-order valence-electron chi connectivity index (χ2n) is 3.24. The number of carbonyl (C=O) groups excluding carboxylic acids is 1. The van der Waals surface area contributed by atoms with Gasteiger partial charge in [-0.25, -0.2) is 8.78 Å². The molecule has 0 saturated carbocycles. The molecule has 0 aromatic carbocycles. The van der Waals surface area contributed by atoms with E-state index in [1.165, 1.54) is 13.3 Å². The van der Waals surface area contributed by atoms with Gasteiger partial charge < -0.3 is 10.5 Å². The largest absolute Gasteiger partial charge is 0.469 e. The number of anilines is 1. The molecular formula is C10H11ClF2N2O2. The van der Waals surface area contributed by atoms with Crippen molar-refractivity contribution in [3.8, 4) is 0 Å². The lowest BCUT2D eigenvalue weighted by Gasteiger charge is -2.12. The van der Waals surface area contributed by atoms with Gasteiger partial charge >= 0.3 is 5.97 Å². The maximum Gasteiger partial charge on any atom is 0.310 e. The Kier molecular flexibility index (Phi) is 4.62. The van der Waals surface area contributed by atoms with Gasteiger partial charge in [0.05, 0.1) is 30.7 Å². The number of ether oxygens (including phenoxy) is 1. The van der Waals surface area contributed by atoms with E-state index in [1.54, 1.807) is 0 Å². The van der Waals surface area contributed by atoms with Gasteiger partial charge in [-0.2, -0.15) is 0 Å². The molecule has 0 aliphatic rings. The van der Waals surface area contributed by atoms with E-state index in [1.807, 2.05) is 0 Å². The first-order chi connectivity index (χ1) is 8.01. The number of pyridine rings is 1. The molecule has 94 valence electrons. The Hall–Kier alpha value is -1.43. The molecule has 0 radical (unpaired) electrons. The quantitative estimate of drug-likeness (QED) is 0.668. The lowest BCUT2D eigenvalue weighted by molar-refractivity contribution is -0.139. The van der Waals surface area contributed by atoms with E-state index >= 15 is 0 Å². The highest BCUT2D eigenvalue weighted by atomic mass is 35.5. The minimum atomic E-state index is -2.78. The fourth-order valence-corrected chi connectivity index (χ4v) is 1.55. The van der Waals surface area contributed by atoms with Gasteiger partial charge in [0.2, 0.25) is 0 Å². The van der Waals surface area contributed by atoms with Crippen molar-refractivity contribution in [1.29, 1.82) is 0 Å². The zero-order valence-corrected chi connectivity index (χ0v) is 9.80. The van der Waals surface area contributed by atoms with Crippen LogP contribution in [0.15, 0.2) is 6.20 Å². The molecule has 7 heteroatoms. The average molecular weight is 265 g/mol. The van der Waals surface area contributed by atoms with Gasteiger partial charge in [0.25, 0.3) is 6.43 Å². The van der Waals surface area contributed by atoms with Crippen molar-refractivity contribution in [1.82, 2.24) is 4.98 Å². The molecule has 0 unspecified atom stereocenters. The number of halogens is 3. The second kappa shape index (κ2) is 5.77. The third kappa shape index (κ3) is 3.03. The van der Waals surface area contributed by atoms with Crippen molar-refractivity contribution >= 4 is 23.3 Å². The Morgan fingerprint density at radius 1 is 1.65 bits per heavy atom. The van der Waals surface area contributed by atoms with Crippen molar-refractivity contribution in [3.63, 3.8) is 0 Å². The van der Waals surface area contributed by atoms with E-state index in [0.717, 1.165) is 0 Å². The summed E-state index contributed by atoms with van der Waals surface area (Å²) in [7, 11) is 1.20. The Labute approximate surface area is 102 Å². The molecule has 17 heavy (non-hydrogen) atoms. The summed E-state index contributed by atoms with van der Waals surface area (Å²) in [5, 5.41) is 0. The van der Waals surface area contributed by atoms with Gasteiger partial charge in [-0.05, 0) is 0 Å². The van der Waals surface area contributed by atoms with Crippen molar-refractivity contribution < 1.29 is 18.3 Å². The smallest absolute Gasteiger partial charge is 0.310 e. The molecule has 0 atom stereocenters. The van der Waals surface area contributed by atoms with Crippen LogP contribution in [0.2, 0.25) is 0 Å². The molecule has 0 fully saturated rings. The molecule has 0 saturated heterocycles. The monoisotopic (exact) mass is 264 g/mol. The Balaban J connectivity index is 3.18. The maximum atomic E-state index is 12.8. The van der Waals surface area contributed by atoms with Crippen LogP contribution in [0.5, 0.6) is 0 Å². The third-order valence-corrected chi connectivity index (χ3v) is 2.48. The van der Waals surface area contributed by atoms with E-state index in [9.17, 15) is 13.6 Å². The van der Waals surface area contributed by atoms with Gasteiger partial charge in [0.1, 0.15) is 0 Å². The molecular weight excluding hydrogens is 254 g/mol. The van der Waals surface area contributed by atoms with Crippen LogP contribution in [-0.2, 0) is 21.8 Å². The summed E-state index contributed by atoms with van der Waals surface area (Å²) in [4.78, 5) is 14.8. The molecule has 0 aliphatic heterocycles. The molecule has 1 aromatic rings. The molecule has 1 rings (SSSR count). The first-order valence-corrected chi connectivity index (χ1v) is 5.21. The number of nitrogens with two attached hydrogens (primary N) is 1. The molecule has 0 aliphatic carbocycles. The highest BCUT2D eigenvalue weighted by Gasteiger charge is 2.21. The molecule has 0 spiro atoms.